The highest BCUT2D eigenvalue weighted by Crippen LogP contribution is 2.08. The van der Waals surface area contributed by atoms with Gasteiger partial charge in [-0.05, 0) is 24.6 Å². The fourth-order valence-corrected chi connectivity index (χ4v) is 1.41. The molecule has 0 bridgehead atoms. The van der Waals surface area contributed by atoms with Crippen molar-refractivity contribution >= 4 is 15.9 Å². The van der Waals surface area contributed by atoms with E-state index in [9.17, 15) is 0 Å². The van der Waals surface area contributed by atoms with Gasteiger partial charge in [-0.15, -0.1) is 0 Å². The van der Waals surface area contributed by atoms with E-state index in [2.05, 4.69) is 35.0 Å². The van der Waals surface area contributed by atoms with E-state index in [1.54, 1.807) is 0 Å². The van der Waals surface area contributed by atoms with Crippen molar-refractivity contribution in [3.8, 4) is 0 Å². The fourth-order valence-electron chi connectivity index (χ4n) is 1.15. The summed E-state index contributed by atoms with van der Waals surface area (Å²) in [5.74, 6) is 0. The van der Waals surface area contributed by atoms with Crippen molar-refractivity contribution in [2.45, 2.75) is 20.9 Å². The quantitative estimate of drug-likeness (QED) is 0.821. The maximum absolute atomic E-state index is 5.35. The minimum Gasteiger partial charge on any atom is -0.326 e. The second-order valence-corrected chi connectivity index (χ2v) is 4.40. The van der Waals surface area contributed by atoms with Crippen LogP contribution in [0.5, 0.6) is 0 Å². The highest BCUT2D eigenvalue weighted by Gasteiger charge is 1.81. The first kappa shape index (κ1) is 15.9. The molecule has 0 heterocycles. The Morgan fingerprint density at radius 3 is 1.82 bits per heavy atom. The van der Waals surface area contributed by atoms with Crippen LogP contribution in [-0.2, 0) is 6.54 Å². The van der Waals surface area contributed by atoms with Gasteiger partial charge in [-0.1, -0.05) is 71.4 Å². The molecule has 0 fully saturated rings. The fraction of sp³-hybridized carbons (Fsp3) is 0.200. The van der Waals surface area contributed by atoms with Crippen LogP contribution in [0.1, 0.15) is 18.6 Å². The van der Waals surface area contributed by atoms with Crippen LogP contribution < -0.4 is 5.73 Å². The normalized spacial score (nSPS) is 8.65. The summed E-state index contributed by atoms with van der Waals surface area (Å²) in [5, 5.41) is 0. The molecular weight excluding hydrogens is 274 g/mol. The van der Waals surface area contributed by atoms with E-state index in [0.29, 0.717) is 6.54 Å². The molecule has 2 aromatic carbocycles. The van der Waals surface area contributed by atoms with Gasteiger partial charge in [0, 0.05) is 11.0 Å². The summed E-state index contributed by atoms with van der Waals surface area (Å²) in [4.78, 5) is 0. The molecule has 2 rings (SSSR count). The SMILES string of the molecule is C.Cc1ccc(Br)cc1.NCc1ccccc1. The largest absolute Gasteiger partial charge is 0.326 e. The number of nitrogens with two attached hydrogens (primary N) is 1. The van der Waals surface area contributed by atoms with E-state index in [1.165, 1.54) is 11.1 Å². The number of benzene rings is 2. The van der Waals surface area contributed by atoms with Gasteiger partial charge in [0.15, 0.2) is 0 Å². The molecule has 0 amide bonds. The van der Waals surface area contributed by atoms with E-state index in [-0.39, 0.29) is 7.43 Å². The van der Waals surface area contributed by atoms with Crippen LogP contribution in [0.25, 0.3) is 0 Å². The average Bonchev–Trinajstić information content (AvgIpc) is 2.35. The molecule has 2 heteroatoms. The Bertz CT molecular complexity index is 374. The molecule has 0 atom stereocenters. The van der Waals surface area contributed by atoms with Crippen LogP contribution in [0.3, 0.4) is 0 Å². The average molecular weight is 294 g/mol. The van der Waals surface area contributed by atoms with Gasteiger partial charge >= 0.3 is 0 Å². The number of aryl methyl sites for hydroxylation is 1. The Labute approximate surface area is 113 Å². The first-order chi connectivity index (χ1) is 7.72. The number of hydrogen-bond donors (Lipinski definition) is 1. The van der Waals surface area contributed by atoms with Crippen LogP contribution in [-0.4, -0.2) is 0 Å². The molecule has 0 aliphatic heterocycles. The van der Waals surface area contributed by atoms with Gasteiger partial charge in [0.25, 0.3) is 0 Å². The van der Waals surface area contributed by atoms with Crippen LogP contribution >= 0.6 is 15.9 Å². The monoisotopic (exact) mass is 293 g/mol. The zero-order chi connectivity index (χ0) is 11.8. The Hall–Kier alpha value is -1.12. The Morgan fingerprint density at radius 1 is 0.941 bits per heavy atom. The summed E-state index contributed by atoms with van der Waals surface area (Å²) >= 11 is 3.35. The van der Waals surface area contributed by atoms with Crippen molar-refractivity contribution in [2.75, 3.05) is 0 Å². The van der Waals surface area contributed by atoms with Crippen molar-refractivity contribution in [2.24, 2.45) is 5.73 Å². The zero-order valence-electron chi connectivity index (χ0n) is 9.36. The van der Waals surface area contributed by atoms with E-state index in [0.717, 1.165) is 4.47 Å². The standard InChI is InChI=1S/C7H7Br.C7H9N.CH4/c1-6-2-4-7(8)5-3-6;8-6-7-4-2-1-3-5-7;/h2-5H,1H3;1-5H,6,8H2;1H4. The van der Waals surface area contributed by atoms with Crippen LogP contribution in [0.2, 0.25) is 0 Å². The maximum atomic E-state index is 5.35. The third-order valence-electron chi connectivity index (χ3n) is 2.09. The van der Waals surface area contributed by atoms with Gasteiger partial charge in [-0.3, -0.25) is 0 Å². The summed E-state index contributed by atoms with van der Waals surface area (Å²) in [7, 11) is 0. The number of rotatable bonds is 1. The summed E-state index contributed by atoms with van der Waals surface area (Å²) in [5.41, 5.74) is 7.84. The lowest BCUT2D eigenvalue weighted by molar-refractivity contribution is 1.07. The van der Waals surface area contributed by atoms with E-state index >= 15 is 0 Å². The predicted octanol–water partition coefficient (Wildman–Crippen LogP) is 4.54. The Balaban J connectivity index is 0.000000284. The molecule has 0 saturated carbocycles. The second kappa shape index (κ2) is 8.97. The molecule has 0 radical (unpaired) electrons. The number of halogens is 1. The van der Waals surface area contributed by atoms with Crippen LogP contribution in [0.15, 0.2) is 59.1 Å². The van der Waals surface area contributed by atoms with Gasteiger partial charge in [0.1, 0.15) is 0 Å². The lowest BCUT2D eigenvalue weighted by atomic mass is 10.2. The molecule has 92 valence electrons. The minimum absolute atomic E-state index is 0. The topological polar surface area (TPSA) is 26.0 Å². The molecule has 0 aromatic heterocycles. The third kappa shape index (κ3) is 6.93. The van der Waals surface area contributed by atoms with Crippen molar-refractivity contribution in [1.82, 2.24) is 0 Å². The van der Waals surface area contributed by atoms with E-state index in [4.69, 9.17) is 5.73 Å². The third-order valence-corrected chi connectivity index (χ3v) is 2.62. The summed E-state index contributed by atoms with van der Waals surface area (Å²) in [6.45, 7) is 2.72. The van der Waals surface area contributed by atoms with Crippen LogP contribution in [0, 0.1) is 6.92 Å². The maximum Gasteiger partial charge on any atom is 0.0178 e. The Kier molecular flexibility index (Phi) is 8.38. The molecule has 0 unspecified atom stereocenters. The number of hydrogen-bond acceptors (Lipinski definition) is 1. The predicted molar refractivity (Wildman–Crippen MR) is 79.9 cm³/mol. The van der Waals surface area contributed by atoms with Gasteiger partial charge in [0.05, 0.1) is 0 Å². The van der Waals surface area contributed by atoms with Crippen molar-refractivity contribution in [3.05, 3.63) is 70.2 Å². The minimum atomic E-state index is 0. The van der Waals surface area contributed by atoms with Crippen molar-refractivity contribution < 1.29 is 0 Å². The first-order valence-electron chi connectivity index (χ1n) is 5.18. The lowest BCUT2D eigenvalue weighted by Crippen LogP contribution is -1.94. The van der Waals surface area contributed by atoms with Crippen LogP contribution in [0.4, 0.5) is 0 Å². The molecule has 0 spiro atoms. The molecule has 17 heavy (non-hydrogen) atoms. The lowest BCUT2D eigenvalue weighted by Gasteiger charge is -1.90. The molecule has 1 nitrogen and oxygen atoms in total. The molecule has 2 aromatic rings. The molecule has 0 aliphatic carbocycles. The van der Waals surface area contributed by atoms with Gasteiger partial charge < -0.3 is 5.73 Å². The van der Waals surface area contributed by atoms with Gasteiger partial charge in [0.2, 0.25) is 0 Å². The smallest absolute Gasteiger partial charge is 0.0178 e. The Morgan fingerprint density at radius 2 is 1.47 bits per heavy atom. The zero-order valence-corrected chi connectivity index (χ0v) is 10.9. The highest BCUT2D eigenvalue weighted by atomic mass is 79.9. The van der Waals surface area contributed by atoms with E-state index < -0.39 is 0 Å². The van der Waals surface area contributed by atoms with Crippen molar-refractivity contribution in [3.63, 3.8) is 0 Å². The van der Waals surface area contributed by atoms with Gasteiger partial charge in [-0.25, -0.2) is 0 Å². The first-order valence-corrected chi connectivity index (χ1v) is 5.98. The van der Waals surface area contributed by atoms with Crippen molar-refractivity contribution in [1.29, 1.82) is 0 Å². The second-order valence-electron chi connectivity index (χ2n) is 3.49. The van der Waals surface area contributed by atoms with Gasteiger partial charge in [-0.2, -0.15) is 0 Å². The summed E-state index contributed by atoms with van der Waals surface area (Å²) < 4.78 is 1.14. The van der Waals surface area contributed by atoms with E-state index in [1.807, 2.05) is 42.5 Å². The molecule has 2 N–H and O–H groups in total. The molecule has 0 aliphatic rings. The summed E-state index contributed by atoms with van der Waals surface area (Å²) in [6.07, 6.45) is 0. The molecular formula is C15H20BrN. The molecule has 0 saturated heterocycles. The summed E-state index contributed by atoms with van der Waals surface area (Å²) in [6, 6.07) is 18.2. The highest BCUT2D eigenvalue weighted by molar-refractivity contribution is 9.10.